The van der Waals surface area contributed by atoms with Crippen molar-refractivity contribution in [3.05, 3.63) is 58.8 Å². The monoisotopic (exact) mass is 273 g/mol. The zero-order valence-corrected chi connectivity index (χ0v) is 11.7. The number of hydrogen-bond acceptors (Lipinski definition) is 3. The van der Waals surface area contributed by atoms with Crippen molar-refractivity contribution in [2.24, 2.45) is 0 Å². The van der Waals surface area contributed by atoms with Crippen LogP contribution in [0.2, 0.25) is 0 Å². The number of aromatic carboxylic acids is 1. The highest BCUT2D eigenvalue weighted by Gasteiger charge is 2.11. The molecule has 0 aliphatic rings. The Morgan fingerprint density at radius 3 is 2.74 bits per heavy atom. The number of carboxylic acid groups (broad SMARTS) is 1. The van der Waals surface area contributed by atoms with Crippen molar-refractivity contribution in [1.29, 1.82) is 0 Å². The van der Waals surface area contributed by atoms with E-state index in [-0.39, 0.29) is 5.56 Å². The first-order valence-electron chi connectivity index (χ1n) is 5.95. The molecule has 0 bridgehead atoms. The lowest BCUT2D eigenvalue weighted by molar-refractivity contribution is 0.0692. The fourth-order valence-electron chi connectivity index (χ4n) is 1.71. The molecule has 1 aromatic heterocycles. The van der Waals surface area contributed by atoms with Gasteiger partial charge in [-0.1, -0.05) is 18.2 Å². The van der Waals surface area contributed by atoms with E-state index < -0.39 is 5.97 Å². The van der Waals surface area contributed by atoms with Crippen molar-refractivity contribution in [3.8, 4) is 0 Å². The van der Waals surface area contributed by atoms with Gasteiger partial charge in [0.05, 0.1) is 5.56 Å². The van der Waals surface area contributed by atoms with Crippen molar-refractivity contribution in [2.45, 2.75) is 24.6 Å². The van der Waals surface area contributed by atoms with Gasteiger partial charge in [-0.05, 0) is 42.7 Å². The minimum atomic E-state index is -0.935. The number of nitrogens with zero attached hydrogens (tertiary/aromatic N) is 1. The van der Waals surface area contributed by atoms with Crippen LogP contribution >= 0.6 is 11.8 Å². The molecule has 19 heavy (non-hydrogen) atoms. The Bertz CT molecular complexity index is 611. The standard InChI is InChI=1S/C15H15NO2S/c1-10-5-6-12(8-11(10)2)9-19-14-13(15(17)18)4-3-7-16-14/h3-8H,9H2,1-2H3,(H,17,18). The van der Waals surface area contributed by atoms with Gasteiger partial charge in [-0.3, -0.25) is 0 Å². The third kappa shape index (κ3) is 3.35. The van der Waals surface area contributed by atoms with Crippen LogP contribution in [0.3, 0.4) is 0 Å². The summed E-state index contributed by atoms with van der Waals surface area (Å²) in [6.07, 6.45) is 1.62. The predicted molar refractivity (Wildman–Crippen MR) is 76.7 cm³/mol. The van der Waals surface area contributed by atoms with Crippen LogP contribution in [0.15, 0.2) is 41.6 Å². The van der Waals surface area contributed by atoms with Crippen molar-refractivity contribution in [1.82, 2.24) is 4.98 Å². The molecule has 0 fully saturated rings. The Balaban J connectivity index is 2.14. The maximum Gasteiger partial charge on any atom is 0.338 e. The number of pyridine rings is 1. The Hall–Kier alpha value is -1.81. The van der Waals surface area contributed by atoms with E-state index in [1.165, 1.54) is 28.5 Å². The van der Waals surface area contributed by atoms with Crippen LogP contribution in [0.25, 0.3) is 0 Å². The molecule has 1 heterocycles. The largest absolute Gasteiger partial charge is 0.478 e. The quantitative estimate of drug-likeness (QED) is 0.863. The Kier molecular flexibility index (Phi) is 4.22. The molecule has 0 amide bonds. The van der Waals surface area contributed by atoms with E-state index in [4.69, 9.17) is 5.11 Å². The van der Waals surface area contributed by atoms with Gasteiger partial charge < -0.3 is 5.11 Å². The molecular weight excluding hydrogens is 258 g/mol. The van der Waals surface area contributed by atoms with Gasteiger partial charge in [-0.2, -0.15) is 0 Å². The molecule has 2 aromatic rings. The summed E-state index contributed by atoms with van der Waals surface area (Å²) in [6.45, 7) is 4.15. The number of thioether (sulfide) groups is 1. The van der Waals surface area contributed by atoms with Gasteiger partial charge in [-0.25, -0.2) is 9.78 Å². The number of carbonyl (C=O) groups is 1. The van der Waals surface area contributed by atoms with Gasteiger partial charge in [0.2, 0.25) is 0 Å². The number of benzene rings is 1. The van der Waals surface area contributed by atoms with Crippen LogP contribution in [-0.2, 0) is 5.75 Å². The second-order valence-electron chi connectivity index (χ2n) is 4.37. The zero-order chi connectivity index (χ0) is 13.8. The number of aromatic nitrogens is 1. The van der Waals surface area contributed by atoms with Crippen LogP contribution in [0.5, 0.6) is 0 Å². The number of rotatable bonds is 4. The molecule has 0 saturated carbocycles. The van der Waals surface area contributed by atoms with Crippen molar-refractivity contribution in [2.75, 3.05) is 0 Å². The molecule has 0 atom stereocenters. The summed E-state index contributed by atoms with van der Waals surface area (Å²) >= 11 is 1.45. The molecule has 0 radical (unpaired) electrons. The summed E-state index contributed by atoms with van der Waals surface area (Å²) in [7, 11) is 0. The summed E-state index contributed by atoms with van der Waals surface area (Å²) in [5.74, 6) is -0.214. The Morgan fingerprint density at radius 2 is 2.05 bits per heavy atom. The summed E-state index contributed by atoms with van der Waals surface area (Å²) in [6, 6.07) is 9.51. The van der Waals surface area contributed by atoms with Gasteiger partial charge in [-0.15, -0.1) is 11.8 Å². The van der Waals surface area contributed by atoms with E-state index >= 15 is 0 Å². The SMILES string of the molecule is Cc1ccc(CSc2ncccc2C(=O)O)cc1C. The number of carboxylic acids is 1. The van der Waals surface area contributed by atoms with Gasteiger partial charge in [0.1, 0.15) is 5.03 Å². The van der Waals surface area contributed by atoms with E-state index in [0.717, 1.165) is 5.75 Å². The second-order valence-corrected chi connectivity index (χ2v) is 5.33. The smallest absolute Gasteiger partial charge is 0.338 e. The fourth-order valence-corrected chi connectivity index (χ4v) is 2.64. The molecule has 0 aliphatic carbocycles. The van der Waals surface area contributed by atoms with E-state index in [2.05, 4.69) is 37.0 Å². The summed E-state index contributed by atoms with van der Waals surface area (Å²) < 4.78 is 0. The minimum absolute atomic E-state index is 0.260. The first-order valence-corrected chi connectivity index (χ1v) is 6.93. The van der Waals surface area contributed by atoms with Crippen LogP contribution in [0, 0.1) is 13.8 Å². The van der Waals surface area contributed by atoms with Crippen LogP contribution < -0.4 is 0 Å². The average molecular weight is 273 g/mol. The predicted octanol–water partition coefficient (Wildman–Crippen LogP) is 3.69. The molecule has 1 aromatic carbocycles. The maximum atomic E-state index is 11.1. The maximum absolute atomic E-state index is 11.1. The summed E-state index contributed by atoms with van der Waals surface area (Å²) in [4.78, 5) is 15.2. The topological polar surface area (TPSA) is 50.2 Å². The molecule has 3 nitrogen and oxygen atoms in total. The van der Waals surface area contributed by atoms with Gasteiger partial charge in [0, 0.05) is 11.9 Å². The highest BCUT2D eigenvalue weighted by molar-refractivity contribution is 7.98. The van der Waals surface area contributed by atoms with Gasteiger partial charge in [0.25, 0.3) is 0 Å². The highest BCUT2D eigenvalue weighted by atomic mass is 32.2. The van der Waals surface area contributed by atoms with Crippen molar-refractivity contribution in [3.63, 3.8) is 0 Å². The molecule has 1 N–H and O–H groups in total. The summed E-state index contributed by atoms with van der Waals surface area (Å²) in [5.41, 5.74) is 3.95. The third-order valence-electron chi connectivity index (χ3n) is 2.95. The van der Waals surface area contributed by atoms with Crippen LogP contribution in [-0.4, -0.2) is 16.1 Å². The lowest BCUT2D eigenvalue weighted by atomic mass is 10.1. The second kappa shape index (κ2) is 5.89. The first-order chi connectivity index (χ1) is 9.08. The first kappa shape index (κ1) is 13.6. The molecule has 0 spiro atoms. The molecule has 0 aliphatic heterocycles. The third-order valence-corrected chi connectivity index (χ3v) is 4.02. The number of aryl methyl sites for hydroxylation is 2. The fraction of sp³-hybridized carbons (Fsp3) is 0.200. The summed E-state index contributed by atoms with van der Waals surface area (Å²) in [5, 5.41) is 9.65. The lowest BCUT2D eigenvalue weighted by Gasteiger charge is -2.06. The van der Waals surface area contributed by atoms with Crippen LogP contribution in [0.4, 0.5) is 0 Å². The van der Waals surface area contributed by atoms with E-state index in [0.29, 0.717) is 5.03 Å². The van der Waals surface area contributed by atoms with E-state index in [1.807, 2.05) is 0 Å². The van der Waals surface area contributed by atoms with E-state index in [1.54, 1.807) is 18.3 Å². The lowest BCUT2D eigenvalue weighted by Crippen LogP contribution is -2.00. The van der Waals surface area contributed by atoms with Crippen LogP contribution in [0.1, 0.15) is 27.0 Å². The Labute approximate surface area is 116 Å². The molecule has 0 unspecified atom stereocenters. The van der Waals surface area contributed by atoms with Crippen molar-refractivity contribution >= 4 is 17.7 Å². The van der Waals surface area contributed by atoms with Gasteiger partial charge in [0.15, 0.2) is 0 Å². The molecule has 98 valence electrons. The van der Waals surface area contributed by atoms with Crippen molar-refractivity contribution < 1.29 is 9.90 Å². The zero-order valence-electron chi connectivity index (χ0n) is 10.9. The highest BCUT2D eigenvalue weighted by Crippen LogP contribution is 2.25. The minimum Gasteiger partial charge on any atom is -0.478 e. The molecular formula is C15H15NO2S. The normalized spacial score (nSPS) is 10.4. The molecule has 4 heteroatoms. The molecule has 0 saturated heterocycles. The van der Waals surface area contributed by atoms with E-state index in [9.17, 15) is 4.79 Å². The number of hydrogen-bond donors (Lipinski definition) is 1. The van der Waals surface area contributed by atoms with Gasteiger partial charge >= 0.3 is 5.97 Å². The average Bonchev–Trinajstić information content (AvgIpc) is 2.40. The molecule has 2 rings (SSSR count). The Morgan fingerprint density at radius 1 is 1.26 bits per heavy atom.